The number of ether oxygens (including phenoxy) is 1. The molecule has 7 nitrogen and oxygen atoms in total. The summed E-state index contributed by atoms with van der Waals surface area (Å²) in [5, 5.41) is 3.59. The summed E-state index contributed by atoms with van der Waals surface area (Å²) in [6, 6.07) is 5.52. The maximum absolute atomic E-state index is 13.7. The molecule has 3 aromatic rings. The lowest BCUT2D eigenvalue weighted by atomic mass is 9.93. The molecule has 5 heterocycles. The molecule has 1 saturated carbocycles. The number of likely N-dealkylation sites (tertiary alicyclic amines) is 1. The van der Waals surface area contributed by atoms with Crippen molar-refractivity contribution in [2.45, 2.75) is 38.0 Å². The Balaban J connectivity index is 1.25. The second kappa shape index (κ2) is 10.0. The van der Waals surface area contributed by atoms with Gasteiger partial charge in [0.15, 0.2) is 0 Å². The molecule has 1 amide bonds. The zero-order valence-electron chi connectivity index (χ0n) is 21.2. The molecule has 2 saturated heterocycles. The van der Waals surface area contributed by atoms with Crippen molar-refractivity contribution >= 4 is 22.5 Å². The van der Waals surface area contributed by atoms with E-state index in [2.05, 4.69) is 44.1 Å². The van der Waals surface area contributed by atoms with Crippen molar-refractivity contribution in [2.24, 2.45) is 11.3 Å². The van der Waals surface area contributed by atoms with Crippen LogP contribution in [0.5, 0.6) is 0 Å². The van der Waals surface area contributed by atoms with E-state index in [9.17, 15) is 13.6 Å². The minimum atomic E-state index is -2.76. The van der Waals surface area contributed by atoms with Crippen LogP contribution in [-0.2, 0) is 9.53 Å². The van der Waals surface area contributed by atoms with Gasteiger partial charge in [0.05, 0.1) is 5.56 Å². The Hall–Kier alpha value is -3.48. The summed E-state index contributed by atoms with van der Waals surface area (Å²) in [6.45, 7) is 3.44. The minimum absolute atomic E-state index is 0.0477. The molecule has 196 valence electrons. The van der Waals surface area contributed by atoms with Crippen LogP contribution < -0.4 is 5.32 Å². The summed E-state index contributed by atoms with van der Waals surface area (Å²) < 4.78 is 32.8. The molecule has 0 bridgehead atoms. The fraction of sp³-hybridized carbons (Fsp3) is 0.448. The first kappa shape index (κ1) is 24.8. The molecule has 3 fully saturated rings. The average Bonchev–Trinajstić information content (AvgIpc) is 3.52. The lowest BCUT2D eigenvalue weighted by molar-refractivity contribution is -0.118. The van der Waals surface area contributed by atoms with Gasteiger partial charge in [-0.25, -0.2) is 18.7 Å². The topological polar surface area (TPSA) is 80.2 Å². The number of carbonyl (C=O) groups excluding carboxylic acids is 1. The number of nitrogens with one attached hydrogen (secondary N) is 1. The molecular weight excluding hydrogens is 488 g/mol. The zero-order valence-corrected chi connectivity index (χ0v) is 21.2. The Morgan fingerprint density at radius 2 is 1.97 bits per heavy atom. The third-order valence-corrected chi connectivity index (χ3v) is 8.15. The predicted molar refractivity (Wildman–Crippen MR) is 139 cm³/mol. The average molecular weight is 518 g/mol. The molecule has 2 unspecified atom stereocenters. The van der Waals surface area contributed by atoms with E-state index in [1.807, 2.05) is 18.3 Å². The molecule has 2 atom stereocenters. The van der Waals surface area contributed by atoms with E-state index in [0.717, 1.165) is 52.0 Å². The molecule has 6 rings (SSSR count). The highest BCUT2D eigenvalue weighted by molar-refractivity contribution is 5.97. The van der Waals surface area contributed by atoms with Gasteiger partial charge in [0.25, 0.3) is 6.43 Å². The van der Waals surface area contributed by atoms with Crippen LogP contribution in [0, 0.1) is 23.2 Å². The lowest BCUT2D eigenvalue weighted by Gasteiger charge is -2.21. The van der Waals surface area contributed by atoms with Gasteiger partial charge in [-0.3, -0.25) is 9.78 Å². The van der Waals surface area contributed by atoms with Gasteiger partial charge in [-0.05, 0) is 74.2 Å². The molecule has 9 heteroatoms. The number of aromatic nitrogens is 3. The third kappa shape index (κ3) is 4.86. The van der Waals surface area contributed by atoms with Gasteiger partial charge in [-0.1, -0.05) is 12.0 Å². The number of pyridine rings is 3. The maximum atomic E-state index is 13.7. The maximum Gasteiger partial charge on any atom is 0.281 e. The van der Waals surface area contributed by atoms with Crippen molar-refractivity contribution in [1.82, 2.24) is 19.9 Å². The molecule has 0 aromatic carbocycles. The first-order valence-electron chi connectivity index (χ1n) is 13.0. The van der Waals surface area contributed by atoms with Crippen molar-refractivity contribution in [3.63, 3.8) is 0 Å². The van der Waals surface area contributed by atoms with Crippen LogP contribution in [0.3, 0.4) is 0 Å². The number of hydrogen-bond acceptors (Lipinski definition) is 6. The Bertz CT molecular complexity index is 1430. The number of alkyl halides is 2. The highest BCUT2D eigenvalue weighted by Crippen LogP contribution is 2.58. The number of anilines is 1. The van der Waals surface area contributed by atoms with Crippen LogP contribution in [0.15, 0.2) is 36.8 Å². The number of rotatable bonds is 4. The number of halogens is 2. The second-order valence-corrected chi connectivity index (χ2v) is 10.7. The van der Waals surface area contributed by atoms with Crippen molar-refractivity contribution < 1.29 is 18.3 Å². The Labute approximate surface area is 220 Å². The van der Waals surface area contributed by atoms with Crippen molar-refractivity contribution in [2.75, 3.05) is 38.7 Å². The van der Waals surface area contributed by atoms with Gasteiger partial charge >= 0.3 is 0 Å². The zero-order chi connectivity index (χ0) is 26.3. The monoisotopic (exact) mass is 517 g/mol. The van der Waals surface area contributed by atoms with Crippen LogP contribution >= 0.6 is 0 Å². The van der Waals surface area contributed by atoms with Crippen LogP contribution in [0.4, 0.5) is 14.6 Å². The minimum Gasteiger partial charge on any atom is -0.381 e. The molecule has 3 aliphatic rings. The summed E-state index contributed by atoms with van der Waals surface area (Å²) in [5.74, 6) is 6.72. The Morgan fingerprint density at radius 3 is 2.68 bits per heavy atom. The fourth-order valence-electron chi connectivity index (χ4n) is 5.87. The normalized spacial score (nSPS) is 23.5. The van der Waals surface area contributed by atoms with Crippen LogP contribution in [0.25, 0.3) is 10.8 Å². The number of nitrogens with zero attached hydrogens (tertiary/aromatic N) is 4. The van der Waals surface area contributed by atoms with Gasteiger partial charge in [0, 0.05) is 55.0 Å². The molecule has 3 aromatic heterocycles. The molecular formula is C29H29F2N5O2. The predicted octanol–water partition coefficient (Wildman–Crippen LogP) is 4.54. The smallest absolute Gasteiger partial charge is 0.281 e. The fourth-order valence-corrected chi connectivity index (χ4v) is 5.87. The van der Waals surface area contributed by atoms with Gasteiger partial charge in [0.2, 0.25) is 5.91 Å². The summed E-state index contributed by atoms with van der Waals surface area (Å²) in [7, 11) is 2.07. The van der Waals surface area contributed by atoms with E-state index in [1.165, 1.54) is 18.0 Å². The molecule has 0 radical (unpaired) electrons. The highest BCUT2D eigenvalue weighted by atomic mass is 19.3. The van der Waals surface area contributed by atoms with E-state index in [1.54, 1.807) is 6.07 Å². The molecule has 1 spiro atoms. The van der Waals surface area contributed by atoms with Crippen molar-refractivity contribution in [3.05, 3.63) is 59.3 Å². The van der Waals surface area contributed by atoms with Crippen molar-refractivity contribution in [1.29, 1.82) is 0 Å². The molecule has 1 aliphatic carbocycles. The summed E-state index contributed by atoms with van der Waals surface area (Å²) in [6.07, 6.45) is 5.62. The van der Waals surface area contributed by atoms with Gasteiger partial charge < -0.3 is 15.0 Å². The quantitative estimate of drug-likeness (QED) is 0.512. The highest BCUT2D eigenvalue weighted by Gasteiger charge is 2.60. The van der Waals surface area contributed by atoms with Gasteiger partial charge in [0.1, 0.15) is 17.2 Å². The largest absolute Gasteiger partial charge is 0.381 e. The first-order valence-corrected chi connectivity index (χ1v) is 13.0. The lowest BCUT2D eigenvalue weighted by Crippen LogP contribution is -2.21. The van der Waals surface area contributed by atoms with Crippen LogP contribution in [0.1, 0.15) is 60.5 Å². The second-order valence-electron chi connectivity index (χ2n) is 10.7. The van der Waals surface area contributed by atoms with Gasteiger partial charge in [-0.15, -0.1) is 0 Å². The van der Waals surface area contributed by atoms with Crippen molar-refractivity contribution in [3.8, 4) is 11.8 Å². The Kier molecular flexibility index (Phi) is 6.54. The molecule has 38 heavy (non-hydrogen) atoms. The van der Waals surface area contributed by atoms with E-state index in [4.69, 9.17) is 4.74 Å². The summed E-state index contributed by atoms with van der Waals surface area (Å²) >= 11 is 0. The summed E-state index contributed by atoms with van der Waals surface area (Å²) in [4.78, 5) is 27.9. The van der Waals surface area contributed by atoms with E-state index in [0.29, 0.717) is 28.4 Å². The SMILES string of the molecule is CN1CCC2(CC2C(=O)Nc2cc3c(C#Cc4ccc(C5CCOCC5)cn4)cnc(C(F)F)c3cn2)C1. The van der Waals surface area contributed by atoms with E-state index in [-0.39, 0.29) is 28.3 Å². The molecule has 2 aliphatic heterocycles. The van der Waals surface area contributed by atoms with Crippen LogP contribution in [-0.4, -0.2) is 59.1 Å². The Morgan fingerprint density at radius 1 is 1.13 bits per heavy atom. The van der Waals surface area contributed by atoms with E-state index >= 15 is 0 Å². The number of carbonyl (C=O) groups is 1. The van der Waals surface area contributed by atoms with Crippen LogP contribution in [0.2, 0.25) is 0 Å². The van der Waals surface area contributed by atoms with Gasteiger partial charge in [-0.2, -0.15) is 0 Å². The van der Waals surface area contributed by atoms with E-state index < -0.39 is 6.43 Å². The number of fused-ring (bicyclic) bond motifs is 1. The number of hydrogen-bond donors (Lipinski definition) is 1. The summed E-state index contributed by atoms with van der Waals surface area (Å²) in [5.41, 5.74) is 1.92. The first-order chi connectivity index (χ1) is 18.4. The molecule has 1 N–H and O–H groups in total. The third-order valence-electron chi connectivity index (χ3n) is 8.15. The standard InChI is InChI=1S/C29H29F2N5O2/c1-36-9-8-29(17-36)13-24(29)28(37)35-25-12-22-20(15-34-26(27(30)31)23(22)16-33-25)3-5-21-4-2-19(14-32-21)18-6-10-38-11-7-18/h2,4,12,14-16,18,24,27H,6-11,13,17H2,1H3,(H,33,35,37). The number of amides is 1.